The molecule has 4 nitrogen and oxygen atoms in total. The smallest absolute Gasteiger partial charge is 0.303 e. The van der Waals surface area contributed by atoms with Crippen molar-refractivity contribution in [2.24, 2.45) is 5.16 Å². The molecule has 0 aliphatic carbocycles. The molecule has 2 N–H and O–H groups in total. The molecular formula is C16H13Cl2NO3. The first-order valence-electron chi connectivity index (χ1n) is 6.50. The van der Waals surface area contributed by atoms with Gasteiger partial charge in [-0.15, -0.1) is 0 Å². The molecule has 0 aliphatic rings. The van der Waals surface area contributed by atoms with Crippen molar-refractivity contribution >= 4 is 34.9 Å². The van der Waals surface area contributed by atoms with Gasteiger partial charge >= 0.3 is 5.97 Å². The van der Waals surface area contributed by atoms with Crippen molar-refractivity contribution < 1.29 is 15.1 Å². The molecule has 2 aromatic rings. The highest BCUT2D eigenvalue weighted by Crippen LogP contribution is 2.28. The van der Waals surface area contributed by atoms with Crippen LogP contribution in [-0.2, 0) is 4.79 Å². The SMILES string of the molecule is O=C(O)CC/C(=N\O)c1ccc(-c2ccc(Cl)c(Cl)c2)cc1. The van der Waals surface area contributed by atoms with Gasteiger partial charge in [0, 0.05) is 6.42 Å². The summed E-state index contributed by atoms with van der Waals surface area (Å²) in [5.41, 5.74) is 2.85. The average Bonchev–Trinajstić information content (AvgIpc) is 2.51. The topological polar surface area (TPSA) is 69.9 Å². The van der Waals surface area contributed by atoms with Crippen molar-refractivity contribution in [1.29, 1.82) is 0 Å². The minimum absolute atomic E-state index is 0.0893. The van der Waals surface area contributed by atoms with Crippen LogP contribution >= 0.6 is 23.2 Å². The number of carboxylic acids is 1. The number of carboxylic acid groups (broad SMARTS) is 1. The van der Waals surface area contributed by atoms with E-state index in [-0.39, 0.29) is 12.8 Å². The number of hydrogen-bond donors (Lipinski definition) is 2. The van der Waals surface area contributed by atoms with Gasteiger partial charge in [-0.05, 0) is 28.8 Å². The molecule has 0 radical (unpaired) electrons. The molecule has 2 rings (SSSR count). The quantitative estimate of drug-likeness (QED) is 0.471. The fourth-order valence-electron chi connectivity index (χ4n) is 2.01. The fraction of sp³-hybridized carbons (Fsp3) is 0.125. The molecule has 0 amide bonds. The average molecular weight is 338 g/mol. The largest absolute Gasteiger partial charge is 0.481 e. The molecule has 114 valence electrons. The molecule has 0 fully saturated rings. The van der Waals surface area contributed by atoms with Crippen molar-refractivity contribution in [2.45, 2.75) is 12.8 Å². The lowest BCUT2D eigenvalue weighted by Gasteiger charge is -2.07. The van der Waals surface area contributed by atoms with Crippen molar-refractivity contribution in [2.75, 3.05) is 0 Å². The van der Waals surface area contributed by atoms with Gasteiger partial charge in [0.05, 0.1) is 22.2 Å². The summed E-state index contributed by atoms with van der Waals surface area (Å²) in [5.74, 6) is -0.937. The van der Waals surface area contributed by atoms with Crippen LogP contribution in [-0.4, -0.2) is 22.0 Å². The molecule has 0 aromatic heterocycles. The predicted molar refractivity (Wildman–Crippen MR) is 87.1 cm³/mol. The minimum atomic E-state index is -0.937. The highest BCUT2D eigenvalue weighted by atomic mass is 35.5. The molecule has 0 aliphatic heterocycles. The van der Waals surface area contributed by atoms with Crippen LogP contribution in [0.4, 0.5) is 0 Å². The third kappa shape index (κ3) is 4.00. The van der Waals surface area contributed by atoms with Crippen molar-refractivity contribution in [3.05, 3.63) is 58.1 Å². The van der Waals surface area contributed by atoms with Crippen LogP contribution < -0.4 is 0 Å². The van der Waals surface area contributed by atoms with Gasteiger partial charge in [-0.2, -0.15) is 0 Å². The lowest BCUT2D eigenvalue weighted by atomic mass is 10.0. The Balaban J connectivity index is 2.22. The Morgan fingerprint density at radius 3 is 2.14 bits per heavy atom. The van der Waals surface area contributed by atoms with E-state index in [1.165, 1.54) is 0 Å². The lowest BCUT2D eigenvalue weighted by molar-refractivity contribution is -0.136. The second-order valence-electron chi connectivity index (χ2n) is 4.65. The van der Waals surface area contributed by atoms with Crippen molar-refractivity contribution in [3.8, 4) is 11.1 Å². The summed E-state index contributed by atoms with van der Waals surface area (Å²) in [6, 6.07) is 12.6. The van der Waals surface area contributed by atoms with Gasteiger partial charge in [-0.3, -0.25) is 4.79 Å². The Kier molecular flexibility index (Phi) is 5.41. The van der Waals surface area contributed by atoms with E-state index in [4.69, 9.17) is 33.5 Å². The van der Waals surface area contributed by atoms with Crippen LogP contribution in [0, 0.1) is 0 Å². The molecule has 6 heteroatoms. The van der Waals surface area contributed by atoms with Crippen LogP contribution in [0.1, 0.15) is 18.4 Å². The Hall–Kier alpha value is -2.04. The van der Waals surface area contributed by atoms with E-state index >= 15 is 0 Å². The number of benzene rings is 2. The summed E-state index contributed by atoms with van der Waals surface area (Å²) in [4.78, 5) is 10.6. The van der Waals surface area contributed by atoms with Gasteiger partial charge < -0.3 is 10.3 Å². The summed E-state index contributed by atoms with van der Waals surface area (Å²) < 4.78 is 0. The van der Waals surface area contributed by atoms with Crippen LogP contribution in [0.2, 0.25) is 10.0 Å². The second kappa shape index (κ2) is 7.29. The third-order valence-electron chi connectivity index (χ3n) is 3.17. The van der Waals surface area contributed by atoms with Crippen LogP contribution in [0.15, 0.2) is 47.6 Å². The van der Waals surface area contributed by atoms with Gasteiger partial charge in [0.15, 0.2) is 0 Å². The number of halogens is 2. The second-order valence-corrected chi connectivity index (χ2v) is 5.46. The summed E-state index contributed by atoms with van der Waals surface area (Å²) in [7, 11) is 0. The number of oxime groups is 1. The van der Waals surface area contributed by atoms with Crippen LogP contribution in [0.3, 0.4) is 0 Å². The Morgan fingerprint density at radius 1 is 0.955 bits per heavy atom. The third-order valence-corrected chi connectivity index (χ3v) is 3.91. The van der Waals surface area contributed by atoms with Gasteiger partial charge in [-0.1, -0.05) is 58.7 Å². The molecule has 2 aromatic carbocycles. The number of carbonyl (C=O) groups is 1. The molecule has 0 bridgehead atoms. The molecule has 0 saturated heterocycles. The van der Waals surface area contributed by atoms with Crippen LogP contribution in [0.5, 0.6) is 0 Å². The van der Waals surface area contributed by atoms with E-state index in [0.29, 0.717) is 21.3 Å². The van der Waals surface area contributed by atoms with Crippen molar-refractivity contribution in [1.82, 2.24) is 0 Å². The van der Waals surface area contributed by atoms with E-state index in [1.807, 2.05) is 18.2 Å². The molecule has 22 heavy (non-hydrogen) atoms. The monoisotopic (exact) mass is 337 g/mol. The maximum Gasteiger partial charge on any atom is 0.303 e. The first-order chi connectivity index (χ1) is 10.5. The summed E-state index contributed by atoms with van der Waals surface area (Å²) in [5, 5.41) is 21.8. The summed E-state index contributed by atoms with van der Waals surface area (Å²) in [6.07, 6.45) is 0.0753. The van der Waals surface area contributed by atoms with Crippen molar-refractivity contribution in [3.63, 3.8) is 0 Å². The van der Waals surface area contributed by atoms with E-state index in [0.717, 1.165) is 11.1 Å². The zero-order valence-electron chi connectivity index (χ0n) is 11.5. The fourth-order valence-corrected chi connectivity index (χ4v) is 2.31. The van der Waals surface area contributed by atoms with E-state index in [9.17, 15) is 4.79 Å². The Bertz CT molecular complexity index is 712. The van der Waals surface area contributed by atoms with Gasteiger partial charge in [-0.25, -0.2) is 0 Å². The van der Waals surface area contributed by atoms with E-state index in [2.05, 4.69) is 5.16 Å². The number of aliphatic carboxylic acids is 1. The van der Waals surface area contributed by atoms with Gasteiger partial charge in [0.1, 0.15) is 0 Å². The zero-order chi connectivity index (χ0) is 16.1. The Labute approximate surface area is 137 Å². The number of nitrogens with zero attached hydrogens (tertiary/aromatic N) is 1. The van der Waals surface area contributed by atoms with Gasteiger partial charge in [0.2, 0.25) is 0 Å². The lowest BCUT2D eigenvalue weighted by Crippen LogP contribution is -2.05. The first kappa shape index (κ1) is 16.3. The summed E-state index contributed by atoms with van der Waals surface area (Å²) in [6.45, 7) is 0. The highest BCUT2D eigenvalue weighted by molar-refractivity contribution is 6.42. The van der Waals surface area contributed by atoms with Gasteiger partial charge in [0.25, 0.3) is 0 Å². The summed E-state index contributed by atoms with van der Waals surface area (Å²) >= 11 is 11.9. The zero-order valence-corrected chi connectivity index (χ0v) is 13.0. The standard InChI is InChI=1S/C16H13Cl2NO3/c17-13-6-5-12(9-14(13)18)10-1-3-11(4-2-10)15(19-22)7-8-16(20)21/h1-6,9,22H,7-8H2,(H,20,21)/b19-15+. The molecule has 0 unspecified atom stereocenters. The maximum absolute atomic E-state index is 10.6. The molecule has 0 spiro atoms. The van der Waals surface area contributed by atoms with E-state index in [1.54, 1.807) is 24.3 Å². The molecule has 0 heterocycles. The number of rotatable bonds is 5. The molecule has 0 saturated carbocycles. The van der Waals surface area contributed by atoms with E-state index < -0.39 is 5.97 Å². The number of hydrogen-bond acceptors (Lipinski definition) is 3. The minimum Gasteiger partial charge on any atom is -0.481 e. The highest BCUT2D eigenvalue weighted by Gasteiger charge is 2.08. The first-order valence-corrected chi connectivity index (χ1v) is 7.25. The normalized spacial score (nSPS) is 11.5. The molecule has 0 atom stereocenters. The Morgan fingerprint density at radius 2 is 1.59 bits per heavy atom. The predicted octanol–water partition coefficient (Wildman–Crippen LogP) is 4.70. The van der Waals surface area contributed by atoms with Crippen LogP contribution in [0.25, 0.3) is 11.1 Å². The molecular weight excluding hydrogens is 325 g/mol. The maximum atomic E-state index is 10.6.